The highest BCUT2D eigenvalue weighted by Crippen LogP contribution is 2.24. The van der Waals surface area contributed by atoms with Crippen LogP contribution in [0.1, 0.15) is 46.5 Å². The van der Waals surface area contributed by atoms with E-state index in [1.807, 2.05) is 0 Å². The molecule has 0 spiro atoms. The van der Waals surface area contributed by atoms with E-state index in [-0.39, 0.29) is 0 Å². The first-order valence-corrected chi connectivity index (χ1v) is 6.26. The lowest BCUT2D eigenvalue weighted by Gasteiger charge is -2.27. The van der Waals surface area contributed by atoms with Gasteiger partial charge in [0.25, 0.3) is 0 Å². The summed E-state index contributed by atoms with van der Waals surface area (Å²) in [6.07, 6.45) is 5.36. The third-order valence-corrected chi connectivity index (χ3v) is 3.40. The van der Waals surface area contributed by atoms with Crippen LogP contribution in [0.2, 0.25) is 0 Å². The fourth-order valence-corrected chi connectivity index (χ4v) is 2.48. The average Bonchev–Trinajstić information content (AvgIpc) is 2.55. The van der Waals surface area contributed by atoms with Gasteiger partial charge in [0.05, 0.1) is 0 Å². The Bertz CT molecular complexity index is 147. The first kappa shape index (κ1) is 12.0. The third-order valence-electron chi connectivity index (χ3n) is 3.40. The number of hydrogen-bond donors (Lipinski definition) is 1. The van der Waals surface area contributed by atoms with E-state index in [1.54, 1.807) is 0 Å². The lowest BCUT2D eigenvalue weighted by atomic mass is 10.1. The Balaban J connectivity index is 2.19. The van der Waals surface area contributed by atoms with Crippen LogP contribution in [0.25, 0.3) is 0 Å². The van der Waals surface area contributed by atoms with Crippen molar-refractivity contribution in [1.82, 2.24) is 10.2 Å². The van der Waals surface area contributed by atoms with Gasteiger partial charge in [-0.05, 0) is 39.2 Å². The summed E-state index contributed by atoms with van der Waals surface area (Å²) < 4.78 is 0. The smallest absolute Gasteiger partial charge is 0.0113 e. The molecule has 14 heavy (non-hydrogen) atoms. The molecule has 2 heteroatoms. The van der Waals surface area contributed by atoms with Crippen molar-refractivity contribution in [2.75, 3.05) is 19.6 Å². The van der Waals surface area contributed by atoms with Crippen LogP contribution in [-0.4, -0.2) is 36.6 Å². The van der Waals surface area contributed by atoms with E-state index < -0.39 is 0 Å². The van der Waals surface area contributed by atoms with Crippen molar-refractivity contribution in [2.24, 2.45) is 0 Å². The van der Waals surface area contributed by atoms with E-state index in [1.165, 1.54) is 38.8 Å². The Kier molecular flexibility index (Phi) is 5.49. The second-order valence-electron chi connectivity index (χ2n) is 4.48. The van der Waals surface area contributed by atoms with Crippen molar-refractivity contribution in [1.29, 1.82) is 0 Å². The predicted octanol–water partition coefficient (Wildman–Crippen LogP) is 2.25. The highest BCUT2D eigenvalue weighted by Gasteiger charge is 2.28. The lowest BCUT2D eigenvalue weighted by molar-refractivity contribution is 0.199. The average molecular weight is 198 g/mol. The standard InChI is InChI=1S/C12H26N2/c1-4-8-13-9-10-14-11(3)6-7-12(14)5-2/h11-13H,4-10H2,1-3H3. The Morgan fingerprint density at radius 2 is 2.00 bits per heavy atom. The number of hydrogen-bond acceptors (Lipinski definition) is 2. The van der Waals surface area contributed by atoms with Crippen LogP contribution in [0.15, 0.2) is 0 Å². The van der Waals surface area contributed by atoms with Gasteiger partial charge in [-0.1, -0.05) is 13.8 Å². The van der Waals surface area contributed by atoms with Crippen molar-refractivity contribution in [3.8, 4) is 0 Å². The Morgan fingerprint density at radius 1 is 1.21 bits per heavy atom. The molecular weight excluding hydrogens is 172 g/mol. The molecule has 1 heterocycles. The normalized spacial score (nSPS) is 28.5. The zero-order valence-corrected chi connectivity index (χ0v) is 10.1. The molecular formula is C12H26N2. The van der Waals surface area contributed by atoms with Crippen molar-refractivity contribution < 1.29 is 0 Å². The van der Waals surface area contributed by atoms with Gasteiger partial charge in [-0.15, -0.1) is 0 Å². The predicted molar refractivity (Wildman–Crippen MR) is 62.6 cm³/mol. The minimum Gasteiger partial charge on any atom is -0.315 e. The molecule has 0 aromatic heterocycles. The molecule has 0 radical (unpaired) electrons. The molecule has 1 N–H and O–H groups in total. The topological polar surface area (TPSA) is 15.3 Å². The van der Waals surface area contributed by atoms with Gasteiger partial charge in [0.2, 0.25) is 0 Å². The van der Waals surface area contributed by atoms with Gasteiger partial charge >= 0.3 is 0 Å². The second kappa shape index (κ2) is 6.41. The van der Waals surface area contributed by atoms with Crippen molar-refractivity contribution in [3.05, 3.63) is 0 Å². The third kappa shape index (κ3) is 3.25. The number of nitrogens with one attached hydrogen (secondary N) is 1. The maximum Gasteiger partial charge on any atom is 0.0113 e. The van der Waals surface area contributed by atoms with Gasteiger partial charge in [0.15, 0.2) is 0 Å². The SMILES string of the molecule is CCCNCCN1C(C)CCC1CC. The molecule has 1 saturated heterocycles. The van der Waals surface area contributed by atoms with Gasteiger partial charge in [0.1, 0.15) is 0 Å². The van der Waals surface area contributed by atoms with Gasteiger partial charge in [-0.3, -0.25) is 4.90 Å². The molecule has 0 bridgehead atoms. The van der Waals surface area contributed by atoms with E-state index >= 15 is 0 Å². The van der Waals surface area contributed by atoms with E-state index in [0.29, 0.717) is 0 Å². The molecule has 2 nitrogen and oxygen atoms in total. The summed E-state index contributed by atoms with van der Waals surface area (Å²) in [4.78, 5) is 2.68. The molecule has 2 unspecified atom stereocenters. The molecule has 84 valence electrons. The Hall–Kier alpha value is -0.0800. The van der Waals surface area contributed by atoms with Crippen molar-refractivity contribution in [3.63, 3.8) is 0 Å². The van der Waals surface area contributed by atoms with Crippen LogP contribution in [-0.2, 0) is 0 Å². The van der Waals surface area contributed by atoms with Gasteiger partial charge in [-0.2, -0.15) is 0 Å². The maximum absolute atomic E-state index is 3.49. The van der Waals surface area contributed by atoms with E-state index in [4.69, 9.17) is 0 Å². The fourth-order valence-electron chi connectivity index (χ4n) is 2.48. The molecule has 2 atom stereocenters. The summed E-state index contributed by atoms with van der Waals surface area (Å²) in [5.74, 6) is 0. The summed E-state index contributed by atoms with van der Waals surface area (Å²) >= 11 is 0. The van der Waals surface area contributed by atoms with Crippen LogP contribution >= 0.6 is 0 Å². The zero-order chi connectivity index (χ0) is 10.4. The quantitative estimate of drug-likeness (QED) is 0.659. The summed E-state index contributed by atoms with van der Waals surface area (Å²) in [5.41, 5.74) is 0. The molecule has 1 aliphatic heterocycles. The van der Waals surface area contributed by atoms with Gasteiger partial charge < -0.3 is 5.32 Å². The largest absolute Gasteiger partial charge is 0.315 e. The maximum atomic E-state index is 3.49. The van der Waals surface area contributed by atoms with Gasteiger partial charge in [-0.25, -0.2) is 0 Å². The zero-order valence-electron chi connectivity index (χ0n) is 10.1. The highest BCUT2D eigenvalue weighted by atomic mass is 15.2. The molecule has 0 aromatic carbocycles. The van der Waals surface area contributed by atoms with Crippen LogP contribution in [0.4, 0.5) is 0 Å². The van der Waals surface area contributed by atoms with E-state index in [0.717, 1.165) is 18.6 Å². The van der Waals surface area contributed by atoms with Crippen LogP contribution in [0.3, 0.4) is 0 Å². The molecule has 0 aromatic rings. The van der Waals surface area contributed by atoms with Crippen LogP contribution in [0, 0.1) is 0 Å². The van der Waals surface area contributed by atoms with Gasteiger partial charge in [0, 0.05) is 25.2 Å². The summed E-state index contributed by atoms with van der Waals surface area (Å²) in [7, 11) is 0. The highest BCUT2D eigenvalue weighted by molar-refractivity contribution is 4.84. The molecule has 0 saturated carbocycles. The van der Waals surface area contributed by atoms with E-state index in [2.05, 4.69) is 31.0 Å². The van der Waals surface area contributed by atoms with E-state index in [9.17, 15) is 0 Å². The molecule has 1 rings (SSSR count). The van der Waals surface area contributed by atoms with Crippen LogP contribution in [0.5, 0.6) is 0 Å². The molecule has 1 aliphatic rings. The second-order valence-corrected chi connectivity index (χ2v) is 4.48. The first-order valence-electron chi connectivity index (χ1n) is 6.26. The Labute approximate surface area is 89.1 Å². The van der Waals surface area contributed by atoms with Crippen molar-refractivity contribution in [2.45, 2.75) is 58.5 Å². The molecule has 1 fully saturated rings. The number of nitrogens with zero attached hydrogens (tertiary/aromatic N) is 1. The minimum atomic E-state index is 0.809. The number of likely N-dealkylation sites (tertiary alicyclic amines) is 1. The summed E-state index contributed by atoms with van der Waals surface area (Å²) in [5, 5.41) is 3.49. The minimum absolute atomic E-state index is 0.809. The molecule has 0 aliphatic carbocycles. The number of rotatable bonds is 6. The summed E-state index contributed by atoms with van der Waals surface area (Å²) in [6.45, 7) is 10.5. The molecule has 0 amide bonds. The fraction of sp³-hybridized carbons (Fsp3) is 1.00. The van der Waals surface area contributed by atoms with Crippen molar-refractivity contribution >= 4 is 0 Å². The Morgan fingerprint density at radius 3 is 2.64 bits per heavy atom. The first-order chi connectivity index (χ1) is 6.79. The van der Waals surface area contributed by atoms with Crippen LogP contribution < -0.4 is 5.32 Å². The lowest BCUT2D eigenvalue weighted by Crippen LogP contribution is -2.39. The monoisotopic (exact) mass is 198 g/mol. The summed E-state index contributed by atoms with van der Waals surface area (Å²) in [6, 6.07) is 1.66.